The first-order valence-corrected chi connectivity index (χ1v) is 6.40. The number of nitrogens with zero attached hydrogens (tertiary/aromatic N) is 3. The van der Waals surface area contributed by atoms with E-state index in [0.717, 1.165) is 10.8 Å². The minimum atomic E-state index is -0.510. The standard InChI is InChI=1S/C15H10N4O3/c20-15(18-13-2-1-3-14(7-13)19(21)22)10-4-5-11-8-16-17-9-12(11)6-10/h1-9H,(H,18,20). The van der Waals surface area contributed by atoms with Gasteiger partial charge in [0, 0.05) is 34.2 Å². The Morgan fingerprint density at radius 3 is 2.59 bits per heavy atom. The Balaban J connectivity index is 1.86. The van der Waals surface area contributed by atoms with E-state index in [0.29, 0.717) is 11.3 Å². The third-order valence-electron chi connectivity index (χ3n) is 3.12. The predicted octanol–water partition coefficient (Wildman–Crippen LogP) is 2.79. The van der Waals surface area contributed by atoms with Crippen molar-refractivity contribution in [1.82, 2.24) is 10.2 Å². The zero-order valence-corrected chi connectivity index (χ0v) is 11.3. The number of benzene rings is 2. The van der Waals surface area contributed by atoms with Crippen molar-refractivity contribution < 1.29 is 9.72 Å². The van der Waals surface area contributed by atoms with Gasteiger partial charge in [-0.1, -0.05) is 12.1 Å². The second-order valence-corrected chi connectivity index (χ2v) is 4.59. The van der Waals surface area contributed by atoms with Crippen molar-refractivity contribution in [3.05, 3.63) is 70.5 Å². The molecular weight excluding hydrogens is 284 g/mol. The Bertz CT molecular complexity index is 879. The van der Waals surface area contributed by atoms with Gasteiger partial charge >= 0.3 is 0 Å². The van der Waals surface area contributed by atoms with Crippen LogP contribution in [-0.4, -0.2) is 21.0 Å². The average Bonchev–Trinajstić information content (AvgIpc) is 2.54. The molecule has 0 spiro atoms. The number of carbonyl (C=O) groups excluding carboxylic acids is 1. The molecule has 0 aliphatic carbocycles. The Hall–Kier alpha value is -3.35. The number of carbonyl (C=O) groups is 1. The maximum absolute atomic E-state index is 12.2. The monoisotopic (exact) mass is 294 g/mol. The van der Waals surface area contributed by atoms with E-state index in [1.807, 2.05) is 0 Å². The number of nitro groups is 1. The largest absolute Gasteiger partial charge is 0.322 e. The lowest BCUT2D eigenvalue weighted by Gasteiger charge is -2.06. The highest BCUT2D eigenvalue weighted by atomic mass is 16.6. The van der Waals surface area contributed by atoms with Gasteiger partial charge in [-0.05, 0) is 18.2 Å². The number of non-ortho nitro benzene ring substituents is 1. The number of fused-ring (bicyclic) bond motifs is 1. The topological polar surface area (TPSA) is 98.0 Å². The molecule has 0 unspecified atom stereocenters. The van der Waals surface area contributed by atoms with Crippen LogP contribution in [0.15, 0.2) is 54.9 Å². The Kier molecular flexibility index (Phi) is 3.45. The van der Waals surface area contributed by atoms with E-state index in [2.05, 4.69) is 15.5 Å². The molecule has 108 valence electrons. The number of hydrogen-bond acceptors (Lipinski definition) is 5. The molecule has 0 atom stereocenters. The lowest BCUT2D eigenvalue weighted by Crippen LogP contribution is -2.11. The first-order valence-electron chi connectivity index (χ1n) is 6.40. The molecule has 1 aromatic heterocycles. The van der Waals surface area contributed by atoms with E-state index in [9.17, 15) is 14.9 Å². The maximum Gasteiger partial charge on any atom is 0.271 e. The molecule has 3 aromatic rings. The Labute approximate surface area is 124 Å². The summed E-state index contributed by atoms with van der Waals surface area (Å²) in [4.78, 5) is 22.4. The first-order chi connectivity index (χ1) is 10.6. The molecule has 1 amide bonds. The highest BCUT2D eigenvalue weighted by Crippen LogP contribution is 2.19. The van der Waals surface area contributed by atoms with Gasteiger partial charge < -0.3 is 5.32 Å². The van der Waals surface area contributed by atoms with Crippen LogP contribution in [0.5, 0.6) is 0 Å². The molecule has 2 aromatic carbocycles. The third-order valence-corrected chi connectivity index (χ3v) is 3.12. The summed E-state index contributed by atoms with van der Waals surface area (Å²) in [7, 11) is 0. The van der Waals surface area contributed by atoms with Crippen LogP contribution < -0.4 is 5.32 Å². The highest BCUT2D eigenvalue weighted by molar-refractivity contribution is 6.06. The molecule has 7 heteroatoms. The van der Waals surface area contributed by atoms with Crippen LogP contribution in [0, 0.1) is 10.1 Å². The second kappa shape index (κ2) is 5.57. The summed E-state index contributed by atoms with van der Waals surface area (Å²) in [5.41, 5.74) is 0.728. The van der Waals surface area contributed by atoms with Gasteiger partial charge in [0.15, 0.2) is 0 Å². The minimum Gasteiger partial charge on any atom is -0.322 e. The molecule has 0 saturated carbocycles. The first kappa shape index (κ1) is 13.6. The summed E-state index contributed by atoms with van der Waals surface area (Å²) in [6.45, 7) is 0. The molecule has 0 saturated heterocycles. The smallest absolute Gasteiger partial charge is 0.271 e. The van der Waals surface area contributed by atoms with E-state index in [-0.39, 0.29) is 11.6 Å². The van der Waals surface area contributed by atoms with Crippen LogP contribution in [0.4, 0.5) is 11.4 Å². The summed E-state index contributed by atoms with van der Waals surface area (Å²) in [6.07, 6.45) is 3.18. The van der Waals surface area contributed by atoms with Gasteiger partial charge in [-0.15, -0.1) is 0 Å². The van der Waals surface area contributed by atoms with Gasteiger partial charge in [-0.25, -0.2) is 0 Å². The normalized spacial score (nSPS) is 10.4. The van der Waals surface area contributed by atoms with E-state index >= 15 is 0 Å². The number of hydrogen-bond donors (Lipinski definition) is 1. The van der Waals surface area contributed by atoms with Crippen molar-refractivity contribution >= 4 is 28.1 Å². The van der Waals surface area contributed by atoms with Crippen molar-refractivity contribution in [2.75, 3.05) is 5.32 Å². The van der Waals surface area contributed by atoms with Gasteiger partial charge in [-0.3, -0.25) is 14.9 Å². The van der Waals surface area contributed by atoms with Crippen molar-refractivity contribution in [3.8, 4) is 0 Å². The molecule has 1 N–H and O–H groups in total. The SMILES string of the molecule is O=C(Nc1cccc([N+](=O)[O-])c1)c1ccc2cnncc2c1. The number of anilines is 1. The molecule has 7 nitrogen and oxygen atoms in total. The highest BCUT2D eigenvalue weighted by Gasteiger charge is 2.10. The fraction of sp³-hybridized carbons (Fsp3) is 0. The average molecular weight is 294 g/mol. The van der Waals surface area contributed by atoms with E-state index in [1.54, 1.807) is 36.7 Å². The van der Waals surface area contributed by atoms with Crippen LogP contribution in [0.3, 0.4) is 0 Å². The van der Waals surface area contributed by atoms with Gasteiger partial charge in [0.25, 0.3) is 11.6 Å². The number of nitro benzene ring substituents is 1. The van der Waals surface area contributed by atoms with E-state index in [1.165, 1.54) is 18.2 Å². The lowest BCUT2D eigenvalue weighted by atomic mass is 10.1. The third kappa shape index (κ3) is 2.73. The summed E-state index contributed by atoms with van der Waals surface area (Å²) < 4.78 is 0. The lowest BCUT2D eigenvalue weighted by molar-refractivity contribution is -0.384. The van der Waals surface area contributed by atoms with E-state index < -0.39 is 4.92 Å². The van der Waals surface area contributed by atoms with Crippen molar-refractivity contribution in [1.29, 1.82) is 0 Å². The van der Waals surface area contributed by atoms with Crippen molar-refractivity contribution in [3.63, 3.8) is 0 Å². The molecule has 1 heterocycles. The summed E-state index contributed by atoms with van der Waals surface area (Å²) in [5, 5.41) is 22.6. The Morgan fingerprint density at radius 1 is 1.05 bits per heavy atom. The van der Waals surface area contributed by atoms with Crippen molar-refractivity contribution in [2.24, 2.45) is 0 Å². The zero-order valence-electron chi connectivity index (χ0n) is 11.3. The molecule has 3 rings (SSSR count). The maximum atomic E-state index is 12.2. The second-order valence-electron chi connectivity index (χ2n) is 4.59. The molecule has 0 radical (unpaired) electrons. The van der Waals surface area contributed by atoms with Gasteiger partial charge in [-0.2, -0.15) is 10.2 Å². The van der Waals surface area contributed by atoms with Crippen LogP contribution in [-0.2, 0) is 0 Å². The van der Waals surface area contributed by atoms with E-state index in [4.69, 9.17) is 0 Å². The molecule has 22 heavy (non-hydrogen) atoms. The van der Waals surface area contributed by atoms with Gasteiger partial charge in [0.05, 0.1) is 17.3 Å². The van der Waals surface area contributed by atoms with Crippen LogP contribution in [0.25, 0.3) is 10.8 Å². The quantitative estimate of drug-likeness (QED) is 0.591. The Morgan fingerprint density at radius 2 is 1.82 bits per heavy atom. The molecular formula is C15H10N4O3. The predicted molar refractivity (Wildman–Crippen MR) is 80.6 cm³/mol. The summed E-state index contributed by atoms with van der Waals surface area (Å²) in [6, 6.07) is 10.9. The number of rotatable bonds is 3. The van der Waals surface area contributed by atoms with Crippen LogP contribution in [0.2, 0.25) is 0 Å². The number of nitrogens with one attached hydrogen (secondary N) is 1. The van der Waals surface area contributed by atoms with Crippen LogP contribution in [0.1, 0.15) is 10.4 Å². The van der Waals surface area contributed by atoms with Crippen molar-refractivity contribution in [2.45, 2.75) is 0 Å². The summed E-state index contributed by atoms with van der Waals surface area (Å²) in [5.74, 6) is -0.348. The molecule has 0 aliphatic rings. The number of aromatic nitrogens is 2. The molecule has 0 bridgehead atoms. The summed E-state index contributed by atoms with van der Waals surface area (Å²) >= 11 is 0. The number of amides is 1. The van der Waals surface area contributed by atoms with Gasteiger partial charge in [0.2, 0.25) is 0 Å². The molecule has 0 fully saturated rings. The van der Waals surface area contributed by atoms with Crippen LogP contribution >= 0.6 is 0 Å². The van der Waals surface area contributed by atoms with Gasteiger partial charge in [0.1, 0.15) is 0 Å². The molecule has 0 aliphatic heterocycles. The fourth-order valence-electron chi connectivity index (χ4n) is 2.04. The fourth-order valence-corrected chi connectivity index (χ4v) is 2.04. The zero-order chi connectivity index (χ0) is 15.5. The minimum absolute atomic E-state index is 0.0772.